The molecule has 0 fully saturated rings. The molecule has 0 saturated carbocycles. The van der Waals surface area contributed by atoms with Gasteiger partial charge in [-0.05, 0) is 25.1 Å². The van der Waals surface area contributed by atoms with E-state index in [2.05, 4.69) is 10.1 Å². The maximum Gasteiger partial charge on any atom is 0.149 e. The van der Waals surface area contributed by atoms with Gasteiger partial charge in [-0.15, -0.1) is 0 Å². The second kappa shape index (κ2) is 7.40. The standard InChI is InChI=1S/C16H17FN2O3/c1-11-7-12(17)8-13(19-11)9-18-22-10-14-15(20-2)5-4-6-16(14)21-3/h4-9H,10H2,1-3H3. The fraction of sp³-hybridized carbons (Fsp3) is 0.250. The number of benzene rings is 1. The van der Waals surface area contributed by atoms with Crippen LogP contribution >= 0.6 is 0 Å². The van der Waals surface area contributed by atoms with E-state index in [1.807, 2.05) is 18.2 Å². The first-order valence-electron chi connectivity index (χ1n) is 6.63. The second-order valence-electron chi connectivity index (χ2n) is 4.50. The lowest BCUT2D eigenvalue weighted by molar-refractivity contribution is 0.127. The van der Waals surface area contributed by atoms with Gasteiger partial charge in [-0.25, -0.2) is 4.39 Å². The second-order valence-corrected chi connectivity index (χ2v) is 4.50. The zero-order valence-corrected chi connectivity index (χ0v) is 12.7. The summed E-state index contributed by atoms with van der Waals surface area (Å²) < 4.78 is 23.7. The maximum absolute atomic E-state index is 13.2. The summed E-state index contributed by atoms with van der Waals surface area (Å²) in [5, 5.41) is 3.80. The number of hydrogen-bond acceptors (Lipinski definition) is 5. The molecule has 0 aliphatic rings. The van der Waals surface area contributed by atoms with Crippen molar-refractivity contribution in [2.75, 3.05) is 14.2 Å². The molecule has 0 aliphatic heterocycles. The van der Waals surface area contributed by atoms with Crippen molar-refractivity contribution in [3.05, 3.63) is 53.1 Å². The van der Waals surface area contributed by atoms with Crippen molar-refractivity contribution in [1.29, 1.82) is 0 Å². The minimum atomic E-state index is -0.361. The highest BCUT2D eigenvalue weighted by Crippen LogP contribution is 2.28. The smallest absolute Gasteiger partial charge is 0.149 e. The van der Waals surface area contributed by atoms with Gasteiger partial charge < -0.3 is 14.3 Å². The molecule has 0 spiro atoms. The largest absolute Gasteiger partial charge is 0.496 e. The number of pyridine rings is 1. The molecule has 0 N–H and O–H groups in total. The van der Waals surface area contributed by atoms with Crippen LogP contribution in [0.25, 0.3) is 0 Å². The van der Waals surface area contributed by atoms with Crippen LogP contribution in [0.15, 0.2) is 35.5 Å². The average Bonchev–Trinajstić information content (AvgIpc) is 2.50. The summed E-state index contributed by atoms with van der Waals surface area (Å²) in [5.41, 5.74) is 1.71. The molecule has 1 aromatic heterocycles. The average molecular weight is 304 g/mol. The van der Waals surface area contributed by atoms with E-state index in [1.54, 1.807) is 21.1 Å². The van der Waals surface area contributed by atoms with E-state index in [0.29, 0.717) is 22.9 Å². The van der Waals surface area contributed by atoms with Gasteiger partial charge in [-0.2, -0.15) is 0 Å². The number of oxime groups is 1. The van der Waals surface area contributed by atoms with Crippen LogP contribution in [0.1, 0.15) is 17.0 Å². The molecule has 0 bridgehead atoms. The van der Waals surface area contributed by atoms with Crippen LogP contribution in [0.4, 0.5) is 4.39 Å². The monoisotopic (exact) mass is 304 g/mol. The maximum atomic E-state index is 13.2. The van der Waals surface area contributed by atoms with Gasteiger partial charge in [-0.1, -0.05) is 11.2 Å². The number of aromatic nitrogens is 1. The van der Waals surface area contributed by atoms with E-state index < -0.39 is 0 Å². The van der Waals surface area contributed by atoms with Crippen LogP contribution in [-0.2, 0) is 11.4 Å². The minimum Gasteiger partial charge on any atom is -0.496 e. The highest BCUT2D eigenvalue weighted by molar-refractivity contribution is 5.76. The first-order valence-corrected chi connectivity index (χ1v) is 6.63. The number of nitrogens with zero attached hydrogens (tertiary/aromatic N) is 2. The molecule has 1 heterocycles. The van der Waals surface area contributed by atoms with E-state index in [-0.39, 0.29) is 12.4 Å². The minimum absolute atomic E-state index is 0.165. The third-order valence-corrected chi connectivity index (χ3v) is 2.94. The lowest BCUT2D eigenvalue weighted by Crippen LogP contribution is -1.98. The molecule has 2 rings (SSSR count). The van der Waals surface area contributed by atoms with Crippen molar-refractivity contribution in [2.24, 2.45) is 5.16 Å². The zero-order valence-electron chi connectivity index (χ0n) is 12.7. The Bertz CT molecular complexity index is 632. The Hall–Kier alpha value is -2.63. The van der Waals surface area contributed by atoms with E-state index in [9.17, 15) is 4.39 Å². The summed E-state index contributed by atoms with van der Waals surface area (Å²) in [4.78, 5) is 9.36. The van der Waals surface area contributed by atoms with Gasteiger partial charge in [0, 0.05) is 11.8 Å². The number of ether oxygens (including phenoxy) is 2. The van der Waals surface area contributed by atoms with Gasteiger partial charge in [-0.3, -0.25) is 4.98 Å². The van der Waals surface area contributed by atoms with Crippen molar-refractivity contribution < 1.29 is 18.7 Å². The SMILES string of the molecule is COc1cccc(OC)c1CON=Cc1cc(F)cc(C)n1. The third kappa shape index (κ3) is 3.94. The van der Waals surface area contributed by atoms with Gasteiger partial charge in [0.15, 0.2) is 0 Å². The predicted octanol–water partition coefficient (Wildman–Crippen LogP) is 3.10. The third-order valence-electron chi connectivity index (χ3n) is 2.94. The van der Waals surface area contributed by atoms with E-state index in [1.165, 1.54) is 18.3 Å². The normalized spacial score (nSPS) is 10.7. The Labute approximate surface area is 128 Å². The number of halogens is 1. The Morgan fingerprint density at radius 3 is 2.45 bits per heavy atom. The van der Waals surface area contributed by atoms with Gasteiger partial charge in [0.05, 0.1) is 31.7 Å². The van der Waals surface area contributed by atoms with Crippen LogP contribution in [-0.4, -0.2) is 25.4 Å². The van der Waals surface area contributed by atoms with E-state index in [0.717, 1.165) is 5.56 Å². The van der Waals surface area contributed by atoms with Crippen molar-refractivity contribution in [1.82, 2.24) is 4.98 Å². The molecule has 22 heavy (non-hydrogen) atoms. The van der Waals surface area contributed by atoms with Crippen LogP contribution in [0.3, 0.4) is 0 Å². The molecule has 0 aliphatic carbocycles. The Morgan fingerprint density at radius 1 is 1.18 bits per heavy atom. The van der Waals surface area contributed by atoms with E-state index >= 15 is 0 Å². The number of methoxy groups -OCH3 is 2. The van der Waals surface area contributed by atoms with Gasteiger partial charge >= 0.3 is 0 Å². The molecule has 6 heteroatoms. The van der Waals surface area contributed by atoms with Crippen molar-refractivity contribution in [2.45, 2.75) is 13.5 Å². The fourth-order valence-corrected chi connectivity index (χ4v) is 1.98. The molecule has 0 saturated heterocycles. The fourth-order valence-electron chi connectivity index (χ4n) is 1.98. The predicted molar refractivity (Wildman–Crippen MR) is 80.9 cm³/mol. The number of hydrogen-bond donors (Lipinski definition) is 0. The summed E-state index contributed by atoms with van der Waals surface area (Å²) >= 11 is 0. The number of rotatable bonds is 6. The first-order chi connectivity index (χ1) is 10.6. The molecule has 0 amide bonds. The van der Waals surface area contributed by atoms with Crippen LogP contribution < -0.4 is 9.47 Å². The van der Waals surface area contributed by atoms with Crippen molar-refractivity contribution in [3.8, 4) is 11.5 Å². The Balaban J connectivity index is 2.06. The molecule has 5 nitrogen and oxygen atoms in total. The van der Waals surface area contributed by atoms with Gasteiger partial charge in [0.2, 0.25) is 0 Å². The quantitative estimate of drug-likeness (QED) is 0.608. The molecular formula is C16H17FN2O3. The molecule has 1 aromatic carbocycles. The zero-order chi connectivity index (χ0) is 15.9. The van der Waals surface area contributed by atoms with Crippen LogP contribution in [0.2, 0.25) is 0 Å². The highest BCUT2D eigenvalue weighted by atomic mass is 19.1. The lowest BCUT2D eigenvalue weighted by Gasteiger charge is -2.11. The topological polar surface area (TPSA) is 52.9 Å². The molecule has 116 valence electrons. The molecule has 0 radical (unpaired) electrons. The first kappa shape index (κ1) is 15.8. The van der Waals surface area contributed by atoms with Crippen molar-refractivity contribution in [3.63, 3.8) is 0 Å². The van der Waals surface area contributed by atoms with Crippen LogP contribution in [0.5, 0.6) is 11.5 Å². The summed E-state index contributed by atoms with van der Waals surface area (Å²) in [5.74, 6) is 0.934. The van der Waals surface area contributed by atoms with Gasteiger partial charge in [0.1, 0.15) is 23.9 Å². The summed E-state index contributed by atoms with van der Waals surface area (Å²) in [6.07, 6.45) is 1.36. The molecular weight excluding hydrogens is 287 g/mol. The Kier molecular flexibility index (Phi) is 5.30. The molecule has 0 atom stereocenters. The van der Waals surface area contributed by atoms with Crippen molar-refractivity contribution >= 4 is 6.21 Å². The van der Waals surface area contributed by atoms with Crippen LogP contribution in [0, 0.1) is 12.7 Å². The molecule has 2 aromatic rings. The van der Waals surface area contributed by atoms with E-state index in [4.69, 9.17) is 14.3 Å². The summed E-state index contributed by atoms with van der Waals surface area (Å²) in [7, 11) is 3.14. The molecule has 0 unspecified atom stereocenters. The lowest BCUT2D eigenvalue weighted by atomic mass is 10.2. The Morgan fingerprint density at radius 2 is 1.86 bits per heavy atom. The summed E-state index contributed by atoms with van der Waals surface area (Å²) in [6, 6.07) is 8.07. The number of aryl methyl sites for hydroxylation is 1. The summed E-state index contributed by atoms with van der Waals surface area (Å²) in [6.45, 7) is 1.87. The van der Waals surface area contributed by atoms with Gasteiger partial charge in [0.25, 0.3) is 0 Å². The highest BCUT2D eigenvalue weighted by Gasteiger charge is 2.09.